The van der Waals surface area contributed by atoms with Crippen molar-refractivity contribution in [1.82, 2.24) is 10.4 Å². The van der Waals surface area contributed by atoms with Crippen LogP contribution < -0.4 is 15.0 Å². The number of hydroxylamine groups is 2. The Balaban J connectivity index is 1.27. The molecule has 2 aliphatic heterocycles. The number of hydrogen-bond donors (Lipinski definition) is 2. The number of piperidine rings is 1. The van der Waals surface area contributed by atoms with Gasteiger partial charge in [-0.3, -0.25) is 4.79 Å². The van der Waals surface area contributed by atoms with Crippen LogP contribution in [0.1, 0.15) is 47.2 Å². The second-order valence-electron chi connectivity index (χ2n) is 9.86. The van der Waals surface area contributed by atoms with Gasteiger partial charge in [0.1, 0.15) is 0 Å². The molecule has 162 valence electrons. The molecule has 4 aliphatic rings. The molecule has 2 heterocycles. The first-order valence-corrected chi connectivity index (χ1v) is 11.3. The first-order valence-electron chi connectivity index (χ1n) is 11.3. The highest BCUT2D eigenvalue weighted by Gasteiger charge is 2.57. The molecule has 0 unspecified atom stereocenters. The smallest absolute Gasteiger partial charge is 0.251 e. The van der Waals surface area contributed by atoms with E-state index in [4.69, 9.17) is 4.74 Å². The number of nitrogens with zero attached hydrogens (tertiary/aromatic N) is 2. The van der Waals surface area contributed by atoms with Gasteiger partial charge in [-0.2, -0.15) is 5.06 Å². The molecule has 1 saturated heterocycles. The Morgan fingerprint density at radius 1 is 1.19 bits per heavy atom. The van der Waals surface area contributed by atoms with Crippen molar-refractivity contribution in [3.63, 3.8) is 0 Å². The van der Waals surface area contributed by atoms with Gasteiger partial charge in [-0.15, -0.1) is 0 Å². The van der Waals surface area contributed by atoms with Crippen LogP contribution in [0, 0.1) is 5.92 Å². The van der Waals surface area contributed by atoms with Crippen molar-refractivity contribution < 1.29 is 14.7 Å². The number of ether oxygens (including phenoxy) is 1. The van der Waals surface area contributed by atoms with E-state index in [1.165, 1.54) is 11.1 Å². The van der Waals surface area contributed by atoms with Gasteiger partial charge in [-0.1, -0.05) is 6.07 Å². The molecule has 2 aliphatic carbocycles. The lowest BCUT2D eigenvalue weighted by Gasteiger charge is -2.58. The summed E-state index contributed by atoms with van der Waals surface area (Å²) in [5.74, 6) is 2.44. The zero-order chi connectivity index (χ0) is 21.3. The summed E-state index contributed by atoms with van der Waals surface area (Å²) in [5, 5.41) is 15.5. The number of anilines is 1. The Kier molecular flexibility index (Phi) is 4.14. The fraction of sp³-hybridized carbons (Fsp3) is 0.480. The van der Waals surface area contributed by atoms with E-state index in [1.807, 2.05) is 43.3 Å². The van der Waals surface area contributed by atoms with Gasteiger partial charge in [0.2, 0.25) is 0 Å². The second kappa shape index (κ2) is 6.71. The van der Waals surface area contributed by atoms with Crippen LogP contribution in [0.3, 0.4) is 0 Å². The molecule has 0 radical (unpaired) electrons. The minimum absolute atomic E-state index is 0.000944. The van der Waals surface area contributed by atoms with Crippen LogP contribution in [-0.2, 0) is 11.8 Å². The normalized spacial score (nSPS) is 30.4. The summed E-state index contributed by atoms with van der Waals surface area (Å²) in [6.07, 6.45) is 4.67. The van der Waals surface area contributed by atoms with Crippen LogP contribution >= 0.6 is 0 Å². The number of benzene rings is 2. The fourth-order valence-corrected chi connectivity index (χ4v) is 6.55. The third-order valence-corrected chi connectivity index (χ3v) is 8.11. The SMILES string of the molecule is CN(C)c1ccc(C(=O)N[C@@H]2CC[C@H]3[C@H]4Cc5c(ccc6c5O6)[C@@]3(CCN4O)C2)cc1. The number of fused-ring (bicyclic) bond motifs is 3. The third kappa shape index (κ3) is 2.88. The Morgan fingerprint density at radius 2 is 2.00 bits per heavy atom. The predicted octanol–water partition coefficient (Wildman–Crippen LogP) is 3.71. The van der Waals surface area contributed by atoms with Crippen LogP contribution in [-0.4, -0.2) is 48.9 Å². The topological polar surface area (TPSA) is 68.3 Å². The second-order valence-corrected chi connectivity index (χ2v) is 9.86. The lowest BCUT2D eigenvalue weighted by atomic mass is 9.52. The number of nitrogens with one attached hydrogen (secondary N) is 1. The highest BCUT2D eigenvalue weighted by atomic mass is 16.6. The summed E-state index contributed by atoms with van der Waals surface area (Å²) in [6.45, 7) is 0.686. The molecule has 2 N–H and O–H groups in total. The van der Waals surface area contributed by atoms with Crippen molar-refractivity contribution in [3.05, 3.63) is 53.1 Å². The van der Waals surface area contributed by atoms with E-state index in [9.17, 15) is 10.0 Å². The van der Waals surface area contributed by atoms with Crippen molar-refractivity contribution in [2.24, 2.45) is 5.92 Å². The van der Waals surface area contributed by atoms with E-state index in [-0.39, 0.29) is 23.4 Å². The molecule has 1 saturated carbocycles. The fourth-order valence-electron chi connectivity index (χ4n) is 6.55. The molecule has 2 bridgehead atoms. The van der Waals surface area contributed by atoms with Gasteiger partial charge in [0.25, 0.3) is 5.91 Å². The molecule has 31 heavy (non-hydrogen) atoms. The number of rotatable bonds is 3. The minimum atomic E-state index is 0.000944. The standard InChI is InChI=1S/C25H29N3O3/c1-27(2)17-6-3-15(4-7-17)24(29)26-16-5-8-20-21-13-18-19(9-10-22-23(18)31-22)25(20,14-16)11-12-28(21)30/h3-4,6-7,9-10,16,20-21,30H,5,8,11-14H2,1-2H3,(H,26,29)/t16-,20+,21-,25-/m1/s1. The van der Waals surface area contributed by atoms with Crippen LogP contribution in [0.4, 0.5) is 5.69 Å². The molecule has 1 amide bonds. The van der Waals surface area contributed by atoms with Gasteiger partial charge in [0.15, 0.2) is 11.5 Å². The highest BCUT2D eigenvalue weighted by molar-refractivity contribution is 5.94. The Hall–Kier alpha value is -2.57. The molecule has 6 heteroatoms. The molecular formula is C25H29N3O3. The molecule has 0 spiro atoms. The van der Waals surface area contributed by atoms with Gasteiger partial charge in [-0.25, -0.2) is 0 Å². The Bertz CT molecular complexity index is 1050. The molecule has 0 aromatic heterocycles. The molecule has 6 nitrogen and oxygen atoms in total. The zero-order valence-corrected chi connectivity index (χ0v) is 18.1. The zero-order valence-electron chi connectivity index (χ0n) is 18.1. The first-order chi connectivity index (χ1) is 15.0. The van der Waals surface area contributed by atoms with E-state index in [0.29, 0.717) is 18.0 Å². The largest absolute Gasteiger partial charge is 0.449 e. The quantitative estimate of drug-likeness (QED) is 0.634. The van der Waals surface area contributed by atoms with Crippen LogP contribution in [0.25, 0.3) is 0 Å². The number of carbonyl (C=O) groups excluding carboxylic acids is 1. The van der Waals surface area contributed by atoms with Gasteiger partial charge >= 0.3 is 0 Å². The number of hydrogen-bond acceptors (Lipinski definition) is 5. The van der Waals surface area contributed by atoms with Gasteiger partial charge in [-0.05, 0) is 73.9 Å². The maximum Gasteiger partial charge on any atom is 0.251 e. The van der Waals surface area contributed by atoms with Crippen LogP contribution in [0.15, 0.2) is 36.4 Å². The average Bonchev–Trinajstić information content (AvgIpc) is 3.56. The maximum absolute atomic E-state index is 13.0. The van der Waals surface area contributed by atoms with E-state index < -0.39 is 0 Å². The van der Waals surface area contributed by atoms with Gasteiger partial charge in [0, 0.05) is 55.0 Å². The average molecular weight is 420 g/mol. The van der Waals surface area contributed by atoms with E-state index in [2.05, 4.69) is 17.4 Å². The van der Waals surface area contributed by atoms with Gasteiger partial charge < -0.3 is 20.2 Å². The van der Waals surface area contributed by atoms with Gasteiger partial charge in [0.05, 0.1) is 0 Å². The summed E-state index contributed by atoms with van der Waals surface area (Å²) in [7, 11) is 3.99. The first kappa shape index (κ1) is 19.1. The highest BCUT2D eigenvalue weighted by Crippen LogP contribution is 2.61. The minimum Gasteiger partial charge on any atom is -0.449 e. The van der Waals surface area contributed by atoms with E-state index in [0.717, 1.165) is 49.3 Å². The monoisotopic (exact) mass is 419 g/mol. The molecule has 6 rings (SSSR count). The lowest BCUT2D eigenvalue weighted by Crippen LogP contribution is -2.62. The summed E-state index contributed by atoms with van der Waals surface area (Å²) in [6, 6.07) is 12.4. The molecule has 4 atom stereocenters. The maximum atomic E-state index is 13.0. The number of carbonyl (C=O) groups is 1. The van der Waals surface area contributed by atoms with E-state index in [1.54, 1.807) is 5.06 Å². The number of amides is 1. The summed E-state index contributed by atoms with van der Waals surface area (Å²) >= 11 is 0. The molecule has 2 aromatic carbocycles. The Morgan fingerprint density at radius 3 is 2.77 bits per heavy atom. The molecule has 2 fully saturated rings. The summed E-state index contributed by atoms with van der Waals surface area (Å²) < 4.78 is 5.72. The predicted molar refractivity (Wildman–Crippen MR) is 118 cm³/mol. The van der Waals surface area contributed by atoms with E-state index >= 15 is 0 Å². The molecular weight excluding hydrogens is 390 g/mol. The molecule has 2 aromatic rings. The summed E-state index contributed by atoms with van der Waals surface area (Å²) in [4.78, 5) is 15.0. The Labute approximate surface area is 182 Å². The van der Waals surface area contributed by atoms with Crippen LogP contribution in [0.2, 0.25) is 0 Å². The third-order valence-electron chi connectivity index (χ3n) is 8.11. The van der Waals surface area contributed by atoms with Crippen molar-refractivity contribution >= 4 is 11.6 Å². The van der Waals surface area contributed by atoms with Crippen LogP contribution in [0.5, 0.6) is 11.5 Å². The van der Waals surface area contributed by atoms with Crippen molar-refractivity contribution in [1.29, 1.82) is 0 Å². The lowest BCUT2D eigenvalue weighted by molar-refractivity contribution is -0.188. The van der Waals surface area contributed by atoms with Crippen molar-refractivity contribution in [3.8, 4) is 11.5 Å². The van der Waals surface area contributed by atoms with Crippen molar-refractivity contribution in [2.45, 2.75) is 49.6 Å². The van der Waals surface area contributed by atoms with Crippen molar-refractivity contribution in [2.75, 3.05) is 25.5 Å². The summed E-state index contributed by atoms with van der Waals surface area (Å²) in [5.41, 5.74) is 4.47.